The Hall–Kier alpha value is 0.440. The molecule has 15 heavy (non-hydrogen) atoms. The minimum absolute atomic E-state index is 0.410. The van der Waals surface area contributed by atoms with Crippen LogP contribution in [-0.4, -0.2) is 29.4 Å². The van der Waals surface area contributed by atoms with E-state index in [1.807, 2.05) is 0 Å². The second kappa shape index (κ2) is 6.24. The summed E-state index contributed by atoms with van der Waals surface area (Å²) in [5.74, 6) is 0. The van der Waals surface area contributed by atoms with Crippen molar-refractivity contribution in [2.45, 2.75) is 58.9 Å². The van der Waals surface area contributed by atoms with Gasteiger partial charge in [0, 0.05) is 17.9 Å². The normalized spacial score (nSPS) is 19.8. The number of alkyl halides is 1. The quantitative estimate of drug-likeness (QED) is 0.684. The average Bonchev–Trinajstić information content (AvgIpc) is 2.27. The van der Waals surface area contributed by atoms with Gasteiger partial charge in [0.15, 0.2) is 0 Å². The van der Waals surface area contributed by atoms with Crippen LogP contribution in [0, 0.1) is 5.41 Å². The van der Waals surface area contributed by atoms with Crippen molar-refractivity contribution in [1.29, 1.82) is 0 Å². The van der Waals surface area contributed by atoms with Crippen molar-refractivity contribution in [1.82, 2.24) is 4.90 Å². The molecule has 0 amide bonds. The van der Waals surface area contributed by atoms with Gasteiger partial charge >= 0.3 is 0 Å². The van der Waals surface area contributed by atoms with E-state index in [9.17, 15) is 0 Å². The lowest BCUT2D eigenvalue weighted by atomic mass is 9.90. The molecule has 0 bridgehead atoms. The fourth-order valence-electron chi connectivity index (χ4n) is 2.54. The third-order valence-electron chi connectivity index (χ3n) is 3.49. The van der Waals surface area contributed by atoms with Crippen molar-refractivity contribution in [3.63, 3.8) is 0 Å². The van der Waals surface area contributed by atoms with E-state index in [0.717, 1.165) is 11.4 Å². The van der Waals surface area contributed by atoms with Gasteiger partial charge in [0.05, 0.1) is 0 Å². The summed E-state index contributed by atoms with van der Waals surface area (Å²) < 4.78 is 0. The third-order valence-corrected chi connectivity index (χ3v) is 5.01. The van der Waals surface area contributed by atoms with E-state index in [-0.39, 0.29) is 0 Å². The first-order chi connectivity index (χ1) is 7.09. The van der Waals surface area contributed by atoms with E-state index in [2.05, 4.69) is 41.6 Å². The van der Waals surface area contributed by atoms with Crippen molar-refractivity contribution in [3.8, 4) is 0 Å². The fourth-order valence-corrected chi connectivity index (χ4v) is 2.71. The molecular weight excluding hydrogens is 250 g/mol. The van der Waals surface area contributed by atoms with Crippen LogP contribution >= 0.6 is 15.9 Å². The number of hydrogen-bond donors (Lipinski definition) is 0. The minimum Gasteiger partial charge on any atom is -0.300 e. The highest BCUT2D eigenvalue weighted by molar-refractivity contribution is 9.09. The summed E-state index contributed by atoms with van der Waals surface area (Å²) in [7, 11) is 0. The SMILES string of the molecule is CCN(CC(C)(C)CBr)C1CCCCC1. The van der Waals surface area contributed by atoms with Gasteiger partial charge in [-0.25, -0.2) is 0 Å². The molecule has 0 heterocycles. The van der Waals surface area contributed by atoms with Gasteiger partial charge in [-0.2, -0.15) is 0 Å². The maximum absolute atomic E-state index is 3.63. The van der Waals surface area contributed by atoms with Gasteiger partial charge in [0.1, 0.15) is 0 Å². The largest absolute Gasteiger partial charge is 0.300 e. The molecule has 0 radical (unpaired) electrons. The molecule has 0 spiro atoms. The number of nitrogens with zero attached hydrogens (tertiary/aromatic N) is 1. The monoisotopic (exact) mass is 275 g/mol. The summed E-state index contributed by atoms with van der Waals surface area (Å²) in [5, 5.41) is 1.10. The van der Waals surface area contributed by atoms with Crippen LogP contribution in [0.4, 0.5) is 0 Å². The summed E-state index contributed by atoms with van der Waals surface area (Å²) in [5.41, 5.74) is 0.410. The van der Waals surface area contributed by atoms with E-state index in [0.29, 0.717) is 5.41 Å². The minimum atomic E-state index is 0.410. The Kier molecular flexibility index (Phi) is 5.62. The molecule has 2 heteroatoms. The predicted octanol–water partition coefficient (Wildman–Crippen LogP) is 4.06. The van der Waals surface area contributed by atoms with Gasteiger partial charge in [-0.15, -0.1) is 0 Å². The molecule has 1 nitrogen and oxygen atoms in total. The van der Waals surface area contributed by atoms with Crippen molar-refractivity contribution < 1.29 is 0 Å². The van der Waals surface area contributed by atoms with Gasteiger partial charge in [-0.05, 0) is 24.8 Å². The Morgan fingerprint density at radius 3 is 2.27 bits per heavy atom. The van der Waals surface area contributed by atoms with Crippen molar-refractivity contribution in [2.24, 2.45) is 5.41 Å². The lowest BCUT2D eigenvalue weighted by Gasteiger charge is -2.38. The molecule has 1 aliphatic rings. The maximum atomic E-state index is 3.63. The number of hydrogen-bond acceptors (Lipinski definition) is 1. The average molecular weight is 276 g/mol. The van der Waals surface area contributed by atoms with E-state index in [1.54, 1.807) is 0 Å². The smallest absolute Gasteiger partial charge is 0.00953 e. The van der Waals surface area contributed by atoms with E-state index in [4.69, 9.17) is 0 Å². The second-order valence-corrected chi connectivity index (χ2v) is 6.21. The van der Waals surface area contributed by atoms with Crippen LogP contribution < -0.4 is 0 Å². The van der Waals surface area contributed by atoms with Crippen LogP contribution in [0.1, 0.15) is 52.9 Å². The van der Waals surface area contributed by atoms with Crippen LogP contribution in [0.15, 0.2) is 0 Å². The number of halogens is 1. The Bertz CT molecular complexity index is 173. The van der Waals surface area contributed by atoms with Gasteiger partial charge in [-0.1, -0.05) is 56.0 Å². The predicted molar refractivity (Wildman–Crippen MR) is 71.7 cm³/mol. The molecule has 90 valence electrons. The molecule has 1 rings (SSSR count). The highest BCUT2D eigenvalue weighted by Crippen LogP contribution is 2.27. The Labute approximate surface area is 104 Å². The zero-order valence-electron chi connectivity index (χ0n) is 10.6. The highest BCUT2D eigenvalue weighted by Gasteiger charge is 2.25. The molecule has 0 aromatic carbocycles. The van der Waals surface area contributed by atoms with E-state index < -0.39 is 0 Å². The van der Waals surface area contributed by atoms with Gasteiger partial charge in [-0.3, -0.25) is 0 Å². The molecule has 0 aromatic heterocycles. The Balaban J connectivity index is 2.46. The second-order valence-electron chi connectivity index (χ2n) is 5.65. The maximum Gasteiger partial charge on any atom is 0.00953 e. The van der Waals surface area contributed by atoms with Crippen LogP contribution in [0.3, 0.4) is 0 Å². The van der Waals surface area contributed by atoms with Gasteiger partial charge in [0.25, 0.3) is 0 Å². The summed E-state index contributed by atoms with van der Waals surface area (Å²) in [6, 6.07) is 0.863. The van der Waals surface area contributed by atoms with Crippen LogP contribution in [-0.2, 0) is 0 Å². The standard InChI is InChI=1S/C13H26BrN/c1-4-15(11-13(2,3)10-14)12-8-6-5-7-9-12/h12H,4-11H2,1-3H3. The summed E-state index contributed by atoms with van der Waals surface area (Å²) >= 11 is 3.63. The molecule has 0 unspecified atom stereocenters. The highest BCUT2D eigenvalue weighted by atomic mass is 79.9. The first-order valence-corrected chi connectivity index (χ1v) is 7.51. The molecule has 0 atom stereocenters. The van der Waals surface area contributed by atoms with Crippen molar-refractivity contribution in [2.75, 3.05) is 18.4 Å². The first kappa shape index (κ1) is 13.5. The molecule has 1 fully saturated rings. The molecule has 0 N–H and O–H groups in total. The first-order valence-electron chi connectivity index (χ1n) is 6.39. The van der Waals surface area contributed by atoms with Crippen molar-refractivity contribution in [3.05, 3.63) is 0 Å². The Morgan fingerprint density at radius 1 is 1.20 bits per heavy atom. The molecular formula is C13H26BrN. The fraction of sp³-hybridized carbons (Fsp3) is 1.00. The lowest BCUT2D eigenvalue weighted by molar-refractivity contribution is 0.119. The van der Waals surface area contributed by atoms with Gasteiger partial charge < -0.3 is 4.90 Å². The summed E-state index contributed by atoms with van der Waals surface area (Å²) in [6.45, 7) is 9.46. The van der Waals surface area contributed by atoms with Gasteiger partial charge in [0.2, 0.25) is 0 Å². The zero-order valence-corrected chi connectivity index (χ0v) is 12.1. The van der Waals surface area contributed by atoms with Crippen molar-refractivity contribution >= 4 is 15.9 Å². The third kappa shape index (κ3) is 4.44. The van der Waals surface area contributed by atoms with Crippen LogP contribution in [0.5, 0.6) is 0 Å². The summed E-state index contributed by atoms with van der Waals surface area (Å²) in [4.78, 5) is 2.69. The molecule has 0 saturated heterocycles. The lowest BCUT2D eigenvalue weighted by Crippen LogP contribution is -2.43. The van der Waals surface area contributed by atoms with E-state index in [1.165, 1.54) is 45.2 Å². The summed E-state index contributed by atoms with van der Waals surface area (Å²) in [6.07, 6.45) is 7.18. The molecule has 0 aromatic rings. The van der Waals surface area contributed by atoms with Crippen LogP contribution in [0.25, 0.3) is 0 Å². The molecule has 1 saturated carbocycles. The molecule has 1 aliphatic carbocycles. The molecule has 0 aliphatic heterocycles. The number of rotatable bonds is 5. The van der Waals surface area contributed by atoms with Crippen LogP contribution in [0.2, 0.25) is 0 Å². The zero-order chi connectivity index (χ0) is 11.3. The Morgan fingerprint density at radius 2 is 1.80 bits per heavy atom. The topological polar surface area (TPSA) is 3.24 Å². The van der Waals surface area contributed by atoms with E-state index >= 15 is 0 Å².